The fraction of sp³-hybridized carbons (Fsp3) is 0.333. The third-order valence-corrected chi connectivity index (χ3v) is 4.82. The molecule has 124 valence electrons. The maximum absolute atomic E-state index is 12.8. The highest BCUT2D eigenvalue weighted by atomic mass is 35.5. The highest BCUT2D eigenvalue weighted by Crippen LogP contribution is 2.32. The highest BCUT2D eigenvalue weighted by Gasteiger charge is 2.32. The smallest absolute Gasteiger partial charge is 0.243 e. The molecule has 1 amide bonds. The summed E-state index contributed by atoms with van der Waals surface area (Å²) in [5.74, 6) is 0.864. The molecule has 0 saturated carbocycles. The van der Waals surface area contributed by atoms with Gasteiger partial charge in [0.1, 0.15) is 6.54 Å². The van der Waals surface area contributed by atoms with Gasteiger partial charge in [0.2, 0.25) is 5.91 Å². The van der Waals surface area contributed by atoms with E-state index < -0.39 is 0 Å². The van der Waals surface area contributed by atoms with Crippen molar-refractivity contribution in [3.63, 3.8) is 0 Å². The predicted molar refractivity (Wildman–Crippen MR) is 91.9 cm³/mol. The zero-order valence-corrected chi connectivity index (χ0v) is 14.2. The van der Waals surface area contributed by atoms with Gasteiger partial charge in [0.15, 0.2) is 5.76 Å². The second-order valence-electron chi connectivity index (χ2n) is 6.26. The molecule has 0 bridgehead atoms. The summed E-state index contributed by atoms with van der Waals surface area (Å²) in [6.45, 7) is 2.94. The molecular formula is C18H18ClN3O2. The quantitative estimate of drug-likeness (QED) is 0.723. The number of carbonyl (C=O) groups excluding carboxylic acids is 1. The normalized spacial score (nSPS) is 17.8. The summed E-state index contributed by atoms with van der Waals surface area (Å²) in [7, 11) is 0. The third kappa shape index (κ3) is 2.69. The maximum atomic E-state index is 12.8. The minimum absolute atomic E-state index is 0.0101. The number of rotatable bonds is 3. The second kappa shape index (κ2) is 5.98. The molecule has 1 fully saturated rings. The van der Waals surface area contributed by atoms with Crippen LogP contribution in [-0.2, 0) is 11.3 Å². The Labute approximate surface area is 144 Å². The van der Waals surface area contributed by atoms with Gasteiger partial charge >= 0.3 is 0 Å². The molecule has 5 nitrogen and oxygen atoms in total. The van der Waals surface area contributed by atoms with Gasteiger partial charge in [0, 0.05) is 29.3 Å². The molecule has 2 aromatic heterocycles. The van der Waals surface area contributed by atoms with Gasteiger partial charge in [-0.25, -0.2) is 0 Å². The van der Waals surface area contributed by atoms with Crippen molar-refractivity contribution in [2.24, 2.45) is 0 Å². The van der Waals surface area contributed by atoms with Crippen LogP contribution < -0.4 is 0 Å². The number of fused-ring (bicyclic) bond motifs is 1. The standard InChI is InChI=1S/C18H18ClN3O2/c1-12-9-17(24-20-12)15-3-2-7-22(15)18(23)11-21-8-6-13-4-5-14(19)10-16(13)21/h4-6,8-10,15H,2-3,7,11H2,1H3/t15-/m0/s1. The van der Waals surface area contributed by atoms with Crippen LogP contribution in [0.3, 0.4) is 0 Å². The number of nitrogens with zero attached hydrogens (tertiary/aromatic N) is 3. The van der Waals surface area contributed by atoms with Crippen LogP contribution >= 0.6 is 11.6 Å². The van der Waals surface area contributed by atoms with Crippen LogP contribution in [0.25, 0.3) is 10.9 Å². The van der Waals surface area contributed by atoms with E-state index in [0.717, 1.165) is 41.7 Å². The van der Waals surface area contributed by atoms with Gasteiger partial charge in [-0.05, 0) is 43.4 Å². The fourth-order valence-electron chi connectivity index (χ4n) is 3.43. The SMILES string of the molecule is Cc1cc([C@@H]2CCCN2C(=O)Cn2ccc3ccc(Cl)cc32)on1. The number of amides is 1. The Hall–Kier alpha value is -2.27. The molecule has 3 heterocycles. The Balaban J connectivity index is 1.57. The van der Waals surface area contributed by atoms with E-state index in [1.807, 2.05) is 52.9 Å². The number of likely N-dealkylation sites (tertiary alicyclic amines) is 1. The van der Waals surface area contributed by atoms with E-state index in [2.05, 4.69) is 5.16 Å². The van der Waals surface area contributed by atoms with E-state index in [1.54, 1.807) is 0 Å². The first-order chi connectivity index (χ1) is 11.6. The molecule has 6 heteroatoms. The van der Waals surface area contributed by atoms with Gasteiger partial charge in [-0.3, -0.25) is 4.79 Å². The first-order valence-electron chi connectivity index (χ1n) is 8.09. The number of hydrogen-bond acceptors (Lipinski definition) is 3. The van der Waals surface area contributed by atoms with Crippen LogP contribution in [0.5, 0.6) is 0 Å². The van der Waals surface area contributed by atoms with Gasteiger partial charge < -0.3 is 14.0 Å². The lowest BCUT2D eigenvalue weighted by molar-refractivity contribution is -0.133. The lowest BCUT2D eigenvalue weighted by Gasteiger charge is -2.23. The van der Waals surface area contributed by atoms with E-state index in [0.29, 0.717) is 11.6 Å². The molecule has 1 saturated heterocycles. The first-order valence-corrected chi connectivity index (χ1v) is 8.47. The summed E-state index contributed by atoms with van der Waals surface area (Å²) < 4.78 is 7.33. The largest absolute Gasteiger partial charge is 0.359 e. The number of hydrogen-bond donors (Lipinski definition) is 0. The van der Waals surface area contributed by atoms with Gasteiger partial charge in [-0.2, -0.15) is 0 Å². The van der Waals surface area contributed by atoms with Crippen molar-refractivity contribution >= 4 is 28.4 Å². The fourth-order valence-corrected chi connectivity index (χ4v) is 3.60. The summed E-state index contributed by atoms with van der Waals surface area (Å²) in [6.07, 6.45) is 3.83. The lowest BCUT2D eigenvalue weighted by Crippen LogP contribution is -2.33. The predicted octanol–water partition coefficient (Wildman–Crippen LogP) is 3.95. The van der Waals surface area contributed by atoms with Crippen LogP contribution in [0.15, 0.2) is 41.1 Å². The molecule has 0 radical (unpaired) electrons. The molecule has 1 aliphatic rings. The highest BCUT2D eigenvalue weighted by molar-refractivity contribution is 6.31. The van der Waals surface area contributed by atoms with Crippen LogP contribution in [0.2, 0.25) is 5.02 Å². The van der Waals surface area contributed by atoms with Crippen molar-refractivity contribution in [1.82, 2.24) is 14.6 Å². The Bertz CT molecular complexity index is 899. The molecule has 3 aromatic rings. The molecule has 1 aromatic carbocycles. The Morgan fingerprint density at radius 1 is 1.38 bits per heavy atom. The number of halogens is 1. The second-order valence-corrected chi connectivity index (χ2v) is 6.70. The average Bonchev–Trinajstić information content (AvgIpc) is 3.27. The molecule has 1 aliphatic heterocycles. The number of aryl methyl sites for hydroxylation is 1. The molecule has 4 rings (SSSR count). The Morgan fingerprint density at radius 2 is 2.25 bits per heavy atom. The minimum atomic E-state index is -0.0101. The van der Waals surface area contributed by atoms with Crippen molar-refractivity contribution < 1.29 is 9.32 Å². The zero-order chi connectivity index (χ0) is 16.7. The van der Waals surface area contributed by atoms with Crippen LogP contribution in [0.4, 0.5) is 0 Å². The monoisotopic (exact) mass is 343 g/mol. The van der Waals surface area contributed by atoms with Crippen molar-refractivity contribution in [2.75, 3.05) is 6.54 Å². The van der Waals surface area contributed by atoms with Gasteiger partial charge in [-0.15, -0.1) is 0 Å². The van der Waals surface area contributed by atoms with Crippen LogP contribution in [0, 0.1) is 6.92 Å². The van der Waals surface area contributed by atoms with Crippen LogP contribution in [-0.4, -0.2) is 27.1 Å². The van der Waals surface area contributed by atoms with E-state index in [-0.39, 0.29) is 11.9 Å². The topological polar surface area (TPSA) is 51.3 Å². The molecule has 0 N–H and O–H groups in total. The Morgan fingerprint density at radius 3 is 3.04 bits per heavy atom. The van der Waals surface area contributed by atoms with Gasteiger partial charge in [0.05, 0.1) is 11.7 Å². The van der Waals surface area contributed by atoms with E-state index in [4.69, 9.17) is 16.1 Å². The average molecular weight is 344 g/mol. The summed E-state index contributed by atoms with van der Waals surface area (Å²) in [6, 6.07) is 9.63. The summed E-state index contributed by atoms with van der Waals surface area (Å²) in [5, 5.41) is 5.70. The summed E-state index contributed by atoms with van der Waals surface area (Å²) in [5.41, 5.74) is 1.82. The lowest BCUT2D eigenvalue weighted by atomic mass is 10.1. The molecule has 0 aliphatic carbocycles. The Kier molecular flexibility index (Phi) is 3.81. The maximum Gasteiger partial charge on any atom is 0.243 e. The van der Waals surface area contributed by atoms with E-state index in [1.165, 1.54) is 0 Å². The van der Waals surface area contributed by atoms with Gasteiger partial charge in [-0.1, -0.05) is 22.8 Å². The molecule has 0 unspecified atom stereocenters. The van der Waals surface area contributed by atoms with Crippen LogP contribution in [0.1, 0.15) is 30.3 Å². The minimum Gasteiger partial charge on any atom is -0.359 e. The van der Waals surface area contributed by atoms with Crippen molar-refractivity contribution in [1.29, 1.82) is 0 Å². The molecule has 0 spiro atoms. The molecule has 1 atom stereocenters. The third-order valence-electron chi connectivity index (χ3n) is 4.59. The van der Waals surface area contributed by atoms with Crippen molar-refractivity contribution in [2.45, 2.75) is 32.4 Å². The van der Waals surface area contributed by atoms with Crippen molar-refractivity contribution in [3.05, 3.63) is 53.0 Å². The van der Waals surface area contributed by atoms with E-state index in [9.17, 15) is 4.79 Å². The van der Waals surface area contributed by atoms with Gasteiger partial charge in [0.25, 0.3) is 0 Å². The van der Waals surface area contributed by atoms with Crippen molar-refractivity contribution in [3.8, 4) is 0 Å². The number of benzene rings is 1. The zero-order valence-electron chi connectivity index (χ0n) is 13.4. The summed E-state index contributed by atoms with van der Waals surface area (Å²) >= 11 is 6.09. The first kappa shape index (κ1) is 15.3. The van der Waals surface area contributed by atoms with E-state index >= 15 is 0 Å². The molecular weight excluding hydrogens is 326 g/mol. The number of carbonyl (C=O) groups is 1. The number of aromatic nitrogens is 2. The molecule has 24 heavy (non-hydrogen) atoms. The summed E-state index contributed by atoms with van der Waals surface area (Å²) in [4.78, 5) is 14.7.